The number of hydrogen-bond acceptors (Lipinski definition) is 4. The average molecular weight is 388 g/mol. The van der Waals surface area contributed by atoms with Crippen LogP contribution in [0.1, 0.15) is 22.0 Å². The number of carbonyl (C=O) groups excluding carboxylic acids is 3. The summed E-state index contributed by atoms with van der Waals surface area (Å²) in [5, 5.41) is 15.2. The first-order valence-electron chi connectivity index (χ1n) is 5.97. The molecule has 3 N–H and O–H groups in total. The van der Waals surface area contributed by atoms with Gasteiger partial charge < -0.3 is 15.7 Å². The van der Waals surface area contributed by atoms with Gasteiger partial charge in [-0.25, -0.2) is 0 Å². The van der Waals surface area contributed by atoms with Crippen LogP contribution in [0.5, 0.6) is 0 Å². The maximum Gasteiger partial charge on any atom is 0.254 e. The van der Waals surface area contributed by atoms with Gasteiger partial charge in [-0.15, -0.1) is 0 Å². The Hall–Kier alpha value is -1.48. The van der Waals surface area contributed by atoms with Gasteiger partial charge in [-0.1, -0.05) is 46.9 Å². The highest BCUT2D eigenvalue weighted by atomic mass is 127. The molecule has 20 heavy (non-hydrogen) atoms. The summed E-state index contributed by atoms with van der Waals surface area (Å²) in [7, 11) is 0. The van der Waals surface area contributed by atoms with E-state index in [2.05, 4.69) is 33.2 Å². The molecule has 7 heteroatoms. The van der Waals surface area contributed by atoms with Crippen LogP contribution in [0.15, 0.2) is 24.3 Å². The van der Waals surface area contributed by atoms with Gasteiger partial charge in [0.1, 0.15) is 12.3 Å². The molecule has 1 aliphatic rings. The summed E-state index contributed by atoms with van der Waals surface area (Å²) < 4.78 is 0.662. The van der Waals surface area contributed by atoms with Gasteiger partial charge in [-0.3, -0.25) is 14.4 Å². The van der Waals surface area contributed by atoms with Crippen LogP contribution in [-0.2, 0) is 9.59 Å². The molecular weight excluding hydrogens is 375 g/mol. The molecule has 0 bridgehead atoms. The number of benzene rings is 1. The molecule has 0 spiro atoms. The van der Waals surface area contributed by atoms with E-state index in [-0.39, 0.29) is 23.1 Å². The van der Waals surface area contributed by atoms with E-state index >= 15 is 0 Å². The fourth-order valence-corrected chi connectivity index (χ4v) is 2.71. The van der Waals surface area contributed by atoms with Crippen molar-refractivity contribution in [2.75, 3.05) is 4.43 Å². The number of amides is 2. The highest BCUT2D eigenvalue weighted by Gasteiger charge is 2.40. The highest BCUT2D eigenvalue weighted by Crippen LogP contribution is 2.18. The molecule has 0 saturated carbocycles. The highest BCUT2D eigenvalue weighted by molar-refractivity contribution is 14.1. The zero-order valence-corrected chi connectivity index (χ0v) is 12.5. The van der Waals surface area contributed by atoms with Gasteiger partial charge >= 0.3 is 0 Å². The van der Waals surface area contributed by atoms with Crippen molar-refractivity contribution in [3.63, 3.8) is 0 Å². The second-order valence-corrected chi connectivity index (χ2v) is 5.29. The maximum absolute atomic E-state index is 12.0. The van der Waals surface area contributed by atoms with Crippen molar-refractivity contribution in [1.82, 2.24) is 10.6 Å². The third kappa shape index (κ3) is 2.83. The normalized spacial score (nSPS) is 22.4. The number of alkyl halides is 1. The van der Waals surface area contributed by atoms with E-state index in [1.54, 1.807) is 12.1 Å². The quantitative estimate of drug-likeness (QED) is 0.285. The van der Waals surface area contributed by atoms with Crippen LogP contribution < -0.4 is 10.6 Å². The van der Waals surface area contributed by atoms with Gasteiger partial charge in [0.25, 0.3) is 5.91 Å². The Morgan fingerprint density at radius 3 is 2.80 bits per heavy atom. The van der Waals surface area contributed by atoms with Gasteiger partial charge in [0.15, 0.2) is 6.10 Å². The van der Waals surface area contributed by atoms with E-state index in [0.717, 1.165) is 0 Å². The Morgan fingerprint density at radius 2 is 2.20 bits per heavy atom. The van der Waals surface area contributed by atoms with Crippen LogP contribution in [0.2, 0.25) is 0 Å². The molecule has 1 aromatic carbocycles. The number of nitrogens with one attached hydrogen (secondary N) is 2. The maximum atomic E-state index is 12.0. The van der Waals surface area contributed by atoms with Crippen LogP contribution in [0.3, 0.4) is 0 Å². The number of halogens is 1. The van der Waals surface area contributed by atoms with Gasteiger partial charge in [0, 0.05) is 15.6 Å². The SMILES string of the molecule is O=Cc1ccccc1C(O)C(=O)N[C@@H]1C(=O)N[C@@H]1CI. The second-order valence-electron chi connectivity index (χ2n) is 4.40. The molecule has 106 valence electrons. The van der Waals surface area contributed by atoms with E-state index < -0.39 is 18.1 Å². The molecule has 0 aromatic heterocycles. The number of rotatable bonds is 5. The van der Waals surface area contributed by atoms with E-state index in [4.69, 9.17) is 0 Å². The fraction of sp³-hybridized carbons (Fsp3) is 0.308. The summed E-state index contributed by atoms with van der Waals surface area (Å²) in [6, 6.07) is 5.54. The van der Waals surface area contributed by atoms with Gasteiger partial charge in [0.2, 0.25) is 5.91 Å². The minimum absolute atomic E-state index is 0.124. The van der Waals surface area contributed by atoms with Crippen LogP contribution >= 0.6 is 22.6 Å². The molecule has 1 heterocycles. The standard InChI is InChI=1S/C13H13IN2O4/c14-5-9-10(12(19)15-9)16-13(20)11(18)8-4-2-1-3-7(8)6-17/h1-4,6,9-11,18H,5H2,(H,15,19)(H,16,20)/t9-,10+,11?/m1/s1. The lowest BCUT2D eigenvalue weighted by atomic mass is 9.98. The molecule has 1 unspecified atom stereocenters. The second kappa shape index (κ2) is 6.31. The molecule has 1 saturated heterocycles. The Balaban J connectivity index is 2.09. The third-order valence-electron chi connectivity index (χ3n) is 3.14. The molecule has 1 fully saturated rings. The molecule has 2 rings (SSSR count). The smallest absolute Gasteiger partial charge is 0.254 e. The predicted molar refractivity (Wildman–Crippen MR) is 79.5 cm³/mol. The van der Waals surface area contributed by atoms with E-state index in [1.807, 2.05) is 0 Å². The fourth-order valence-electron chi connectivity index (χ4n) is 1.98. The molecule has 2 amide bonds. The Labute approximate surface area is 129 Å². The minimum Gasteiger partial charge on any atom is -0.378 e. The molecule has 0 aliphatic carbocycles. The lowest BCUT2D eigenvalue weighted by Crippen LogP contribution is -2.70. The van der Waals surface area contributed by atoms with Gasteiger partial charge in [0.05, 0.1) is 6.04 Å². The zero-order chi connectivity index (χ0) is 14.7. The molecule has 6 nitrogen and oxygen atoms in total. The molecule has 3 atom stereocenters. The molecule has 1 aromatic rings. The van der Waals surface area contributed by atoms with E-state index in [9.17, 15) is 19.5 Å². The van der Waals surface area contributed by atoms with Crippen molar-refractivity contribution in [3.05, 3.63) is 35.4 Å². The Bertz CT molecular complexity index is 549. The van der Waals surface area contributed by atoms with Crippen LogP contribution in [0, 0.1) is 0 Å². The predicted octanol–water partition coefficient (Wildman–Crippen LogP) is -0.0493. The largest absolute Gasteiger partial charge is 0.378 e. The number of aliphatic hydroxyl groups is 1. The average Bonchev–Trinajstić information content (AvgIpc) is 2.48. The van der Waals surface area contributed by atoms with Crippen LogP contribution in [0.4, 0.5) is 0 Å². The van der Waals surface area contributed by atoms with Crippen molar-refractivity contribution in [3.8, 4) is 0 Å². The number of β-lactam (4-membered cyclic amide) rings is 1. The van der Waals surface area contributed by atoms with Gasteiger partial charge in [-0.05, 0) is 0 Å². The van der Waals surface area contributed by atoms with Crippen LogP contribution in [0.25, 0.3) is 0 Å². The summed E-state index contributed by atoms with van der Waals surface area (Å²) in [5.74, 6) is -0.954. The molecular formula is C13H13IN2O4. The lowest BCUT2D eigenvalue weighted by molar-refractivity contribution is -0.139. The Kier molecular flexibility index (Phi) is 4.71. The van der Waals surface area contributed by atoms with Gasteiger partial charge in [-0.2, -0.15) is 0 Å². The Morgan fingerprint density at radius 1 is 1.50 bits per heavy atom. The number of aldehydes is 1. The zero-order valence-electron chi connectivity index (χ0n) is 10.4. The summed E-state index contributed by atoms with van der Waals surface area (Å²) >= 11 is 2.10. The summed E-state index contributed by atoms with van der Waals surface area (Å²) in [4.78, 5) is 34.2. The van der Waals surface area contributed by atoms with Crippen LogP contribution in [-0.4, -0.2) is 39.7 Å². The number of hydrogen-bond donors (Lipinski definition) is 3. The lowest BCUT2D eigenvalue weighted by Gasteiger charge is -2.36. The summed E-state index contributed by atoms with van der Waals surface area (Å²) in [6.07, 6.45) is -0.894. The van der Waals surface area contributed by atoms with Crippen molar-refractivity contribution < 1.29 is 19.5 Å². The molecule has 0 radical (unpaired) electrons. The first-order valence-corrected chi connectivity index (χ1v) is 7.50. The van der Waals surface area contributed by atoms with Crippen molar-refractivity contribution in [2.45, 2.75) is 18.2 Å². The van der Waals surface area contributed by atoms with Crippen molar-refractivity contribution in [2.24, 2.45) is 0 Å². The number of carbonyl (C=O) groups is 3. The van der Waals surface area contributed by atoms with Crippen molar-refractivity contribution in [1.29, 1.82) is 0 Å². The minimum atomic E-state index is -1.47. The van der Waals surface area contributed by atoms with E-state index in [1.165, 1.54) is 12.1 Å². The first-order chi connectivity index (χ1) is 9.58. The summed E-state index contributed by atoms with van der Waals surface area (Å²) in [6.45, 7) is 0. The third-order valence-corrected chi connectivity index (χ3v) is 4.09. The summed E-state index contributed by atoms with van der Waals surface area (Å²) in [5.41, 5.74) is 0.476. The number of aliphatic hydroxyl groups excluding tert-OH is 1. The first kappa shape index (κ1) is 14.9. The topological polar surface area (TPSA) is 95.5 Å². The molecule has 1 aliphatic heterocycles. The van der Waals surface area contributed by atoms with Crippen molar-refractivity contribution >= 4 is 40.7 Å². The van der Waals surface area contributed by atoms with E-state index in [0.29, 0.717) is 10.7 Å². The monoisotopic (exact) mass is 388 g/mol.